The van der Waals surface area contributed by atoms with Crippen LogP contribution in [0, 0.1) is 13.8 Å². The van der Waals surface area contributed by atoms with Gasteiger partial charge in [-0.2, -0.15) is 5.10 Å². The van der Waals surface area contributed by atoms with Gasteiger partial charge in [0.15, 0.2) is 0 Å². The van der Waals surface area contributed by atoms with Crippen LogP contribution in [0.25, 0.3) is 0 Å². The van der Waals surface area contributed by atoms with Crippen LogP contribution in [-0.4, -0.2) is 9.78 Å². The fourth-order valence-electron chi connectivity index (χ4n) is 2.17. The van der Waals surface area contributed by atoms with Crippen LogP contribution in [0.4, 0.5) is 0 Å². The van der Waals surface area contributed by atoms with Crippen molar-refractivity contribution in [3.05, 3.63) is 17.0 Å². The van der Waals surface area contributed by atoms with Crippen molar-refractivity contribution < 1.29 is 0 Å². The Balaban J connectivity index is 0.000000509. The summed E-state index contributed by atoms with van der Waals surface area (Å²) in [5.41, 5.74) is 4.08. The molecule has 2 heterocycles. The molecule has 0 saturated carbocycles. The van der Waals surface area contributed by atoms with Crippen molar-refractivity contribution in [3.63, 3.8) is 0 Å². The molecule has 1 atom stereocenters. The number of aryl methyl sites for hydroxylation is 2. The standard InChI is InChI=1S/C10H16N2.2C2H6/c1-7-5-4-6-12-10(7)8(2)9(3)11-12;2*1-2/h7H,4-6H2,1-3H3;2*1-2H3. The van der Waals surface area contributed by atoms with E-state index in [4.69, 9.17) is 0 Å². The highest BCUT2D eigenvalue weighted by atomic mass is 15.3. The summed E-state index contributed by atoms with van der Waals surface area (Å²) >= 11 is 0. The fraction of sp³-hybridized carbons (Fsp3) is 0.786. The molecule has 0 amide bonds. The molecule has 16 heavy (non-hydrogen) atoms. The van der Waals surface area contributed by atoms with Gasteiger partial charge in [0, 0.05) is 12.2 Å². The normalized spacial score (nSPS) is 17.6. The van der Waals surface area contributed by atoms with E-state index in [1.807, 2.05) is 27.7 Å². The van der Waals surface area contributed by atoms with E-state index >= 15 is 0 Å². The number of hydrogen-bond acceptors (Lipinski definition) is 1. The van der Waals surface area contributed by atoms with Crippen LogP contribution in [-0.2, 0) is 6.54 Å². The first-order valence-corrected chi connectivity index (χ1v) is 6.74. The highest BCUT2D eigenvalue weighted by Crippen LogP contribution is 2.29. The molecule has 0 bridgehead atoms. The van der Waals surface area contributed by atoms with Crippen LogP contribution >= 0.6 is 0 Å². The minimum Gasteiger partial charge on any atom is -0.269 e. The summed E-state index contributed by atoms with van der Waals surface area (Å²) in [7, 11) is 0. The van der Waals surface area contributed by atoms with Gasteiger partial charge in [0.25, 0.3) is 0 Å². The predicted octanol–water partition coefficient (Wildman–Crippen LogP) is 4.45. The molecule has 0 aliphatic carbocycles. The van der Waals surface area contributed by atoms with Crippen LogP contribution in [0.2, 0.25) is 0 Å². The molecule has 0 radical (unpaired) electrons. The Hall–Kier alpha value is -0.790. The molecule has 94 valence electrons. The van der Waals surface area contributed by atoms with Crippen molar-refractivity contribution in [3.8, 4) is 0 Å². The van der Waals surface area contributed by atoms with E-state index in [9.17, 15) is 0 Å². The second-order valence-electron chi connectivity index (χ2n) is 3.86. The second kappa shape index (κ2) is 7.48. The maximum atomic E-state index is 4.52. The Bertz CT molecular complexity index is 300. The third kappa shape index (κ3) is 3.10. The van der Waals surface area contributed by atoms with E-state index in [1.165, 1.54) is 29.8 Å². The molecule has 2 nitrogen and oxygen atoms in total. The van der Waals surface area contributed by atoms with Gasteiger partial charge in [-0.1, -0.05) is 34.6 Å². The Morgan fingerprint density at radius 2 is 1.69 bits per heavy atom. The van der Waals surface area contributed by atoms with E-state index in [0.717, 1.165) is 6.54 Å². The molecule has 0 spiro atoms. The summed E-state index contributed by atoms with van der Waals surface area (Å²) in [6, 6.07) is 0. The van der Waals surface area contributed by atoms with Gasteiger partial charge in [0.2, 0.25) is 0 Å². The summed E-state index contributed by atoms with van der Waals surface area (Å²) in [5.74, 6) is 0.708. The van der Waals surface area contributed by atoms with Crippen molar-refractivity contribution >= 4 is 0 Å². The number of aromatic nitrogens is 2. The first-order valence-electron chi connectivity index (χ1n) is 6.74. The molecular weight excluding hydrogens is 196 g/mol. The fourth-order valence-corrected chi connectivity index (χ4v) is 2.17. The Morgan fingerprint density at radius 3 is 2.19 bits per heavy atom. The van der Waals surface area contributed by atoms with Gasteiger partial charge in [0.1, 0.15) is 0 Å². The lowest BCUT2D eigenvalue weighted by atomic mass is 9.95. The Morgan fingerprint density at radius 1 is 1.12 bits per heavy atom. The molecule has 0 fully saturated rings. The molecule has 2 heteroatoms. The van der Waals surface area contributed by atoms with E-state index in [0.29, 0.717) is 5.92 Å². The maximum Gasteiger partial charge on any atom is 0.0625 e. The molecule has 1 aromatic heterocycles. The zero-order valence-electron chi connectivity index (χ0n) is 12.1. The van der Waals surface area contributed by atoms with Crippen molar-refractivity contribution in [1.82, 2.24) is 9.78 Å². The van der Waals surface area contributed by atoms with Gasteiger partial charge in [-0.05, 0) is 38.2 Å². The zero-order valence-corrected chi connectivity index (χ0v) is 12.1. The summed E-state index contributed by atoms with van der Waals surface area (Å²) in [5, 5.41) is 4.52. The first-order chi connectivity index (χ1) is 7.70. The summed E-state index contributed by atoms with van der Waals surface area (Å²) in [6.07, 6.45) is 2.61. The Kier molecular flexibility index (Phi) is 7.11. The van der Waals surface area contributed by atoms with Gasteiger partial charge in [-0.25, -0.2) is 0 Å². The SMILES string of the molecule is CC.CC.Cc1nn2c(c1C)C(C)CCC2. The lowest BCUT2D eigenvalue weighted by Crippen LogP contribution is -2.14. The smallest absolute Gasteiger partial charge is 0.0625 e. The van der Waals surface area contributed by atoms with E-state index in [2.05, 4.69) is 30.6 Å². The van der Waals surface area contributed by atoms with E-state index in [-0.39, 0.29) is 0 Å². The summed E-state index contributed by atoms with van der Waals surface area (Å²) < 4.78 is 2.19. The van der Waals surface area contributed by atoms with E-state index < -0.39 is 0 Å². The van der Waals surface area contributed by atoms with Gasteiger partial charge in [-0.3, -0.25) is 4.68 Å². The van der Waals surface area contributed by atoms with Crippen molar-refractivity contribution in [2.75, 3.05) is 0 Å². The molecule has 2 rings (SSSR count). The van der Waals surface area contributed by atoms with Gasteiger partial charge in [-0.15, -0.1) is 0 Å². The van der Waals surface area contributed by atoms with Crippen LogP contribution in [0.3, 0.4) is 0 Å². The number of fused-ring (bicyclic) bond motifs is 1. The highest BCUT2D eigenvalue weighted by molar-refractivity contribution is 5.27. The predicted molar refractivity (Wildman–Crippen MR) is 72.0 cm³/mol. The van der Waals surface area contributed by atoms with Gasteiger partial charge in [0.05, 0.1) is 5.69 Å². The van der Waals surface area contributed by atoms with Crippen molar-refractivity contribution in [2.24, 2.45) is 0 Å². The second-order valence-corrected chi connectivity index (χ2v) is 3.86. The molecule has 0 N–H and O–H groups in total. The number of rotatable bonds is 0. The Labute approximate surface area is 101 Å². The molecule has 1 aliphatic heterocycles. The van der Waals surface area contributed by atoms with Crippen molar-refractivity contribution in [1.29, 1.82) is 0 Å². The summed E-state index contributed by atoms with van der Waals surface area (Å²) in [6.45, 7) is 15.7. The summed E-state index contributed by atoms with van der Waals surface area (Å²) in [4.78, 5) is 0. The third-order valence-electron chi connectivity index (χ3n) is 2.95. The highest BCUT2D eigenvalue weighted by Gasteiger charge is 2.20. The van der Waals surface area contributed by atoms with Crippen molar-refractivity contribution in [2.45, 2.75) is 73.8 Å². The number of nitrogens with zero attached hydrogens (tertiary/aromatic N) is 2. The van der Waals surface area contributed by atoms with Crippen LogP contribution in [0.5, 0.6) is 0 Å². The van der Waals surface area contributed by atoms with Crippen LogP contribution < -0.4 is 0 Å². The van der Waals surface area contributed by atoms with Crippen LogP contribution in [0.15, 0.2) is 0 Å². The quantitative estimate of drug-likeness (QED) is 0.636. The van der Waals surface area contributed by atoms with Gasteiger partial charge < -0.3 is 0 Å². The van der Waals surface area contributed by atoms with E-state index in [1.54, 1.807) is 0 Å². The lowest BCUT2D eigenvalue weighted by Gasteiger charge is -2.20. The monoisotopic (exact) mass is 224 g/mol. The topological polar surface area (TPSA) is 17.8 Å². The molecule has 0 saturated heterocycles. The zero-order chi connectivity index (χ0) is 12.7. The third-order valence-corrected chi connectivity index (χ3v) is 2.95. The molecule has 1 aliphatic rings. The van der Waals surface area contributed by atoms with Gasteiger partial charge >= 0.3 is 0 Å². The lowest BCUT2D eigenvalue weighted by molar-refractivity contribution is 0.438. The minimum atomic E-state index is 0.708. The first kappa shape index (κ1) is 15.2. The van der Waals surface area contributed by atoms with Crippen LogP contribution in [0.1, 0.15) is 70.3 Å². The molecular formula is C14H28N2. The minimum absolute atomic E-state index is 0.708. The molecule has 1 aromatic rings. The molecule has 0 aromatic carbocycles. The average molecular weight is 224 g/mol. The number of hydrogen-bond donors (Lipinski definition) is 0. The molecule has 1 unspecified atom stereocenters. The largest absolute Gasteiger partial charge is 0.269 e. The maximum absolute atomic E-state index is 4.52. The average Bonchev–Trinajstić information content (AvgIpc) is 2.62.